The van der Waals surface area contributed by atoms with Crippen LogP contribution >= 0.6 is 0 Å². The van der Waals surface area contributed by atoms with Crippen molar-refractivity contribution in [1.82, 2.24) is 0 Å². The molecule has 0 aromatic carbocycles. The number of rotatable bonds is 11. The molecule has 0 aliphatic carbocycles. The molecule has 7 nitrogen and oxygen atoms in total. The molecule has 0 aromatic heterocycles. The molecule has 0 aliphatic heterocycles. The van der Waals surface area contributed by atoms with Crippen molar-refractivity contribution in [3.63, 3.8) is 0 Å². The standard InChI is InChI=1S/C15H32O7Si/c1-9-13(12(2)23(17-6,18-7)19-8)10-11-14(16)20-22-21-15(3,4)5/h12-13H,9-11H2,1-8H3. The van der Waals surface area contributed by atoms with E-state index < -0.39 is 20.4 Å². The first-order valence-electron chi connectivity index (χ1n) is 7.86. The zero-order chi connectivity index (χ0) is 18.1. The Bertz CT molecular complexity index is 331. The molecule has 0 amide bonds. The molecule has 2 atom stereocenters. The summed E-state index contributed by atoms with van der Waals surface area (Å²) in [6, 6.07) is 0. The van der Waals surface area contributed by atoms with E-state index in [1.54, 1.807) is 42.1 Å². The average Bonchev–Trinajstić information content (AvgIpc) is 2.49. The summed E-state index contributed by atoms with van der Waals surface area (Å²) in [5.41, 5.74) is -0.478. The van der Waals surface area contributed by atoms with E-state index in [0.717, 1.165) is 6.42 Å². The summed E-state index contributed by atoms with van der Waals surface area (Å²) < 4.78 is 16.6. The molecule has 0 spiro atoms. The second-order valence-electron chi connectivity index (χ2n) is 6.43. The van der Waals surface area contributed by atoms with E-state index in [2.05, 4.69) is 16.8 Å². The topological polar surface area (TPSA) is 72.5 Å². The fourth-order valence-corrected chi connectivity index (χ4v) is 5.00. The molecule has 8 heteroatoms. The first-order valence-corrected chi connectivity index (χ1v) is 9.66. The Balaban J connectivity index is 4.46. The van der Waals surface area contributed by atoms with Crippen LogP contribution in [0, 0.1) is 5.92 Å². The highest BCUT2D eigenvalue weighted by Crippen LogP contribution is 2.35. The summed E-state index contributed by atoms with van der Waals surface area (Å²) in [5.74, 6) is -0.267. The molecule has 0 heterocycles. The number of hydrogen-bond donors (Lipinski definition) is 0. The lowest BCUT2D eigenvalue weighted by Crippen LogP contribution is -2.49. The van der Waals surface area contributed by atoms with Crippen LogP contribution < -0.4 is 0 Å². The van der Waals surface area contributed by atoms with Crippen LogP contribution in [0.15, 0.2) is 0 Å². The molecule has 0 bridgehead atoms. The summed E-state index contributed by atoms with van der Waals surface area (Å²) in [7, 11) is 2.04. The van der Waals surface area contributed by atoms with Gasteiger partial charge in [-0.15, -0.1) is 0 Å². The molecule has 0 radical (unpaired) electrons. The minimum Gasteiger partial charge on any atom is -0.377 e. The van der Waals surface area contributed by atoms with Gasteiger partial charge in [0.1, 0.15) is 0 Å². The maximum atomic E-state index is 11.7. The minimum absolute atomic E-state index is 0.0621. The van der Waals surface area contributed by atoms with Crippen LogP contribution in [0.1, 0.15) is 53.9 Å². The van der Waals surface area contributed by atoms with Crippen LogP contribution in [0.5, 0.6) is 0 Å². The van der Waals surface area contributed by atoms with Crippen LogP contribution in [0.3, 0.4) is 0 Å². The Kier molecular flexibility index (Phi) is 10.1. The van der Waals surface area contributed by atoms with Gasteiger partial charge < -0.3 is 13.3 Å². The molecular formula is C15H32O7Si. The van der Waals surface area contributed by atoms with Gasteiger partial charge in [0.15, 0.2) is 0 Å². The summed E-state index contributed by atoms with van der Waals surface area (Å²) >= 11 is 0. The Hall–Kier alpha value is -0.513. The smallest absolute Gasteiger partial charge is 0.377 e. The maximum Gasteiger partial charge on any atom is 0.503 e. The largest absolute Gasteiger partial charge is 0.503 e. The lowest BCUT2D eigenvalue weighted by molar-refractivity contribution is -0.514. The third kappa shape index (κ3) is 7.73. The first kappa shape index (κ1) is 22.5. The van der Waals surface area contributed by atoms with Crippen molar-refractivity contribution in [2.45, 2.75) is 65.0 Å². The van der Waals surface area contributed by atoms with Gasteiger partial charge in [-0.05, 0) is 38.1 Å². The normalized spacial score (nSPS) is 15.3. The van der Waals surface area contributed by atoms with E-state index in [1.807, 2.05) is 6.92 Å². The van der Waals surface area contributed by atoms with Crippen molar-refractivity contribution in [2.24, 2.45) is 5.92 Å². The molecule has 0 rings (SSSR count). The van der Waals surface area contributed by atoms with Gasteiger partial charge in [0, 0.05) is 33.3 Å². The molecule has 138 valence electrons. The van der Waals surface area contributed by atoms with E-state index in [1.165, 1.54) is 0 Å². The third-order valence-corrected chi connectivity index (χ3v) is 7.07. The van der Waals surface area contributed by atoms with Crippen LogP contribution in [0.25, 0.3) is 0 Å². The maximum absolute atomic E-state index is 11.7. The van der Waals surface area contributed by atoms with Crippen LogP contribution in [0.4, 0.5) is 0 Å². The average molecular weight is 353 g/mol. The van der Waals surface area contributed by atoms with Gasteiger partial charge >= 0.3 is 14.8 Å². The van der Waals surface area contributed by atoms with E-state index >= 15 is 0 Å². The number of hydrogen-bond acceptors (Lipinski definition) is 7. The zero-order valence-corrected chi connectivity index (χ0v) is 16.6. The molecule has 0 saturated carbocycles. The summed E-state index contributed by atoms with van der Waals surface area (Å²) in [6.07, 6.45) is 1.72. The highest BCUT2D eigenvalue weighted by molar-refractivity contribution is 6.62. The van der Waals surface area contributed by atoms with Crippen LogP contribution in [0.2, 0.25) is 5.54 Å². The van der Waals surface area contributed by atoms with Crippen LogP contribution in [-0.4, -0.2) is 41.7 Å². The molecule has 0 N–H and O–H groups in total. The van der Waals surface area contributed by atoms with Crippen molar-refractivity contribution >= 4 is 14.8 Å². The van der Waals surface area contributed by atoms with Gasteiger partial charge in [-0.2, -0.15) is 4.89 Å². The third-order valence-electron chi connectivity index (χ3n) is 3.77. The fourth-order valence-electron chi connectivity index (χ4n) is 2.41. The van der Waals surface area contributed by atoms with E-state index in [-0.39, 0.29) is 17.9 Å². The highest BCUT2D eigenvalue weighted by atomic mass is 28.4. The summed E-state index contributed by atoms with van der Waals surface area (Å²) in [5, 5.41) is 4.50. The van der Waals surface area contributed by atoms with Gasteiger partial charge in [0.05, 0.1) is 5.60 Å². The van der Waals surface area contributed by atoms with E-state index in [0.29, 0.717) is 6.42 Å². The lowest BCUT2D eigenvalue weighted by Gasteiger charge is -2.34. The predicted octanol–water partition coefficient (Wildman–Crippen LogP) is 3.27. The Morgan fingerprint density at radius 3 is 2.00 bits per heavy atom. The number of carbonyl (C=O) groups is 1. The van der Waals surface area contributed by atoms with Crippen LogP contribution in [-0.2, 0) is 32.9 Å². The van der Waals surface area contributed by atoms with Gasteiger partial charge in [-0.3, -0.25) is 4.89 Å². The summed E-state index contributed by atoms with van der Waals surface area (Å²) in [6.45, 7) is 9.47. The van der Waals surface area contributed by atoms with Crippen molar-refractivity contribution in [3.8, 4) is 0 Å². The predicted molar refractivity (Wildman–Crippen MR) is 87.2 cm³/mol. The minimum atomic E-state index is -2.74. The van der Waals surface area contributed by atoms with Crippen molar-refractivity contribution in [1.29, 1.82) is 0 Å². The Morgan fingerprint density at radius 2 is 1.61 bits per heavy atom. The molecule has 0 saturated heterocycles. The fraction of sp³-hybridized carbons (Fsp3) is 0.933. The Morgan fingerprint density at radius 1 is 1.09 bits per heavy atom. The molecule has 0 aromatic rings. The first-order chi connectivity index (χ1) is 10.7. The van der Waals surface area contributed by atoms with E-state index in [9.17, 15) is 4.79 Å². The zero-order valence-electron chi connectivity index (χ0n) is 15.6. The molecule has 0 aliphatic rings. The second kappa shape index (κ2) is 10.4. The number of carbonyl (C=O) groups excluding carboxylic acids is 1. The molecule has 2 unspecified atom stereocenters. The van der Waals surface area contributed by atoms with Gasteiger partial charge in [-0.1, -0.05) is 20.3 Å². The molecular weight excluding hydrogens is 320 g/mol. The molecule has 0 fully saturated rings. The van der Waals surface area contributed by atoms with Crippen molar-refractivity contribution < 1.29 is 32.9 Å². The monoisotopic (exact) mass is 352 g/mol. The van der Waals surface area contributed by atoms with Crippen molar-refractivity contribution in [3.05, 3.63) is 0 Å². The molecule has 23 heavy (non-hydrogen) atoms. The Labute approximate surface area is 140 Å². The summed E-state index contributed by atoms with van der Waals surface area (Å²) in [4.78, 5) is 21.2. The quantitative estimate of drug-likeness (QED) is 0.321. The van der Waals surface area contributed by atoms with Gasteiger partial charge in [-0.25, -0.2) is 4.79 Å². The SMILES string of the molecule is CCC(CCC(=O)OOOC(C)(C)C)C(C)[Si](OC)(OC)OC. The van der Waals surface area contributed by atoms with E-state index in [4.69, 9.17) is 18.2 Å². The lowest BCUT2D eigenvalue weighted by atomic mass is 9.97. The highest BCUT2D eigenvalue weighted by Gasteiger charge is 2.47. The second-order valence-corrected chi connectivity index (χ2v) is 9.77. The van der Waals surface area contributed by atoms with Gasteiger partial charge in [0.25, 0.3) is 0 Å². The van der Waals surface area contributed by atoms with Crippen molar-refractivity contribution in [2.75, 3.05) is 21.3 Å². The van der Waals surface area contributed by atoms with Gasteiger partial charge in [0.2, 0.25) is 0 Å².